The zero-order valence-corrected chi connectivity index (χ0v) is 15.1. The molecule has 136 valence electrons. The van der Waals surface area contributed by atoms with Crippen LogP contribution in [-0.4, -0.2) is 9.67 Å². The Labute approximate surface area is 150 Å². The van der Waals surface area contributed by atoms with Gasteiger partial charge in [0.25, 0.3) is 0 Å². The Kier molecular flexibility index (Phi) is 8.26. The van der Waals surface area contributed by atoms with E-state index in [1.165, 1.54) is 31.7 Å². The number of rotatable bonds is 11. The lowest BCUT2D eigenvalue weighted by Gasteiger charge is -2.14. The van der Waals surface area contributed by atoms with Gasteiger partial charge in [-0.15, -0.1) is 0 Å². The van der Waals surface area contributed by atoms with Crippen molar-refractivity contribution in [2.75, 3.05) is 0 Å². The summed E-state index contributed by atoms with van der Waals surface area (Å²) >= 11 is 0. The Balaban J connectivity index is 1.97. The molecule has 0 unspecified atom stereocenters. The monoisotopic (exact) mass is 343 g/mol. The molecule has 0 aliphatic carbocycles. The van der Waals surface area contributed by atoms with Crippen molar-refractivity contribution in [2.24, 2.45) is 0 Å². The summed E-state index contributed by atoms with van der Waals surface area (Å²) < 4.78 is 7.65. The predicted molar refractivity (Wildman–Crippen MR) is 101 cm³/mol. The fraction of sp³-hybridized carbons (Fsp3) is 0.476. The third-order valence-electron chi connectivity index (χ3n) is 4.33. The molecule has 1 heterocycles. The van der Waals surface area contributed by atoms with Crippen molar-refractivity contribution in [1.29, 1.82) is 0 Å². The van der Waals surface area contributed by atoms with Gasteiger partial charge in [-0.05, 0) is 12.0 Å². The molecule has 0 aliphatic heterocycles. The van der Waals surface area contributed by atoms with Gasteiger partial charge < -0.3 is 14.4 Å². The highest BCUT2D eigenvalue weighted by molar-refractivity contribution is 5.23. The number of aliphatic hydroxyl groups is 1. The van der Waals surface area contributed by atoms with Crippen molar-refractivity contribution in [3.63, 3.8) is 0 Å². The second kappa shape index (κ2) is 10.7. The second-order valence-electron chi connectivity index (χ2n) is 6.39. The number of unbranched alkanes of at least 4 members (excludes halogenated alkanes) is 5. The number of aromatic nitrogens is 1. The number of aliphatic hydroxyl groups excluding tert-OH is 1. The van der Waals surface area contributed by atoms with E-state index in [1.807, 2.05) is 34.9 Å². The average molecular weight is 343 g/mol. The minimum absolute atomic E-state index is 0.135. The van der Waals surface area contributed by atoms with E-state index < -0.39 is 0 Å². The minimum atomic E-state index is -0.181. The number of hydrogen-bond acceptors (Lipinski definition) is 3. The number of ether oxygens (including phenoxy) is 1. The van der Waals surface area contributed by atoms with Crippen molar-refractivity contribution < 1.29 is 9.84 Å². The molecule has 25 heavy (non-hydrogen) atoms. The molecule has 2 rings (SSSR count). The van der Waals surface area contributed by atoms with E-state index in [0.29, 0.717) is 18.1 Å². The summed E-state index contributed by atoms with van der Waals surface area (Å²) in [7, 11) is 0. The van der Waals surface area contributed by atoms with Crippen molar-refractivity contribution >= 4 is 0 Å². The number of nitrogens with zero attached hydrogens (tertiary/aromatic N) is 1. The van der Waals surface area contributed by atoms with E-state index in [2.05, 4.69) is 6.92 Å². The van der Waals surface area contributed by atoms with Gasteiger partial charge in [-0.25, -0.2) is 0 Å². The molecule has 0 aliphatic rings. The molecule has 0 spiro atoms. The first-order chi connectivity index (χ1) is 12.2. The summed E-state index contributed by atoms with van der Waals surface area (Å²) in [5.41, 5.74) is 1.49. The van der Waals surface area contributed by atoms with E-state index in [0.717, 1.165) is 24.9 Å². The molecule has 1 aromatic heterocycles. The molecule has 0 atom stereocenters. The summed E-state index contributed by atoms with van der Waals surface area (Å²) in [6, 6.07) is 11.3. The van der Waals surface area contributed by atoms with Gasteiger partial charge in [0.15, 0.2) is 5.75 Å². The first-order valence-electron chi connectivity index (χ1n) is 9.25. The zero-order chi connectivity index (χ0) is 17.9. The fourth-order valence-electron chi connectivity index (χ4n) is 2.84. The van der Waals surface area contributed by atoms with Gasteiger partial charge in [0, 0.05) is 18.3 Å². The van der Waals surface area contributed by atoms with Gasteiger partial charge in [-0.3, -0.25) is 4.79 Å². The van der Waals surface area contributed by atoms with Crippen LogP contribution in [0, 0.1) is 0 Å². The van der Waals surface area contributed by atoms with E-state index >= 15 is 0 Å². The van der Waals surface area contributed by atoms with Crippen LogP contribution in [0.15, 0.2) is 47.4 Å². The zero-order valence-electron chi connectivity index (χ0n) is 15.1. The van der Waals surface area contributed by atoms with Crippen LogP contribution >= 0.6 is 0 Å². The highest BCUT2D eigenvalue weighted by Crippen LogP contribution is 2.12. The highest BCUT2D eigenvalue weighted by atomic mass is 16.5. The van der Waals surface area contributed by atoms with Crippen molar-refractivity contribution in [3.05, 3.63) is 64.1 Å². The SMILES string of the molecule is CCCCCCCCn1cc(OCc2ccccc2)c(=O)cc1CO. The average Bonchev–Trinajstić information content (AvgIpc) is 2.65. The summed E-state index contributed by atoms with van der Waals surface area (Å²) in [4.78, 5) is 12.2. The molecule has 2 aromatic rings. The molecule has 0 bridgehead atoms. The standard InChI is InChI=1S/C21H29NO3/c1-2-3-4-5-6-10-13-22-15-21(20(24)14-19(22)16-23)25-17-18-11-8-7-9-12-18/h7-9,11-12,14-15,23H,2-6,10,13,16-17H2,1H3. The molecule has 0 saturated heterocycles. The van der Waals surface area contributed by atoms with Crippen LogP contribution in [-0.2, 0) is 19.8 Å². The maximum Gasteiger partial charge on any atom is 0.223 e. The van der Waals surface area contributed by atoms with E-state index in [1.54, 1.807) is 6.20 Å². The Morgan fingerprint density at radius 1 is 1.04 bits per heavy atom. The molecule has 1 N–H and O–H groups in total. The van der Waals surface area contributed by atoms with Crippen molar-refractivity contribution in [1.82, 2.24) is 4.57 Å². The lowest BCUT2D eigenvalue weighted by Crippen LogP contribution is -2.15. The highest BCUT2D eigenvalue weighted by Gasteiger charge is 2.08. The predicted octanol–water partition coefficient (Wildman–Crippen LogP) is 4.28. The molecule has 0 amide bonds. The second-order valence-corrected chi connectivity index (χ2v) is 6.39. The topological polar surface area (TPSA) is 51.5 Å². The van der Waals surface area contributed by atoms with Crippen LogP contribution in [0.2, 0.25) is 0 Å². The smallest absolute Gasteiger partial charge is 0.223 e. The lowest BCUT2D eigenvalue weighted by atomic mass is 10.1. The number of hydrogen-bond donors (Lipinski definition) is 1. The van der Waals surface area contributed by atoms with Gasteiger partial charge in [-0.2, -0.15) is 0 Å². The van der Waals surface area contributed by atoms with Gasteiger partial charge in [0.2, 0.25) is 5.43 Å². The molecule has 4 nitrogen and oxygen atoms in total. The van der Waals surface area contributed by atoms with Crippen LogP contribution in [0.3, 0.4) is 0 Å². The first-order valence-corrected chi connectivity index (χ1v) is 9.25. The normalized spacial score (nSPS) is 10.8. The van der Waals surface area contributed by atoms with Crippen LogP contribution in [0.25, 0.3) is 0 Å². The Morgan fingerprint density at radius 3 is 2.48 bits per heavy atom. The van der Waals surface area contributed by atoms with Crippen LogP contribution < -0.4 is 10.2 Å². The number of benzene rings is 1. The quantitative estimate of drug-likeness (QED) is 0.620. The molecule has 0 radical (unpaired) electrons. The van der Waals surface area contributed by atoms with E-state index in [9.17, 15) is 9.90 Å². The molecule has 1 aromatic carbocycles. The van der Waals surface area contributed by atoms with Crippen LogP contribution in [0.1, 0.15) is 56.7 Å². The molecule has 0 saturated carbocycles. The molecular formula is C21H29NO3. The summed E-state index contributed by atoms with van der Waals surface area (Å²) in [6.07, 6.45) is 8.99. The fourth-order valence-corrected chi connectivity index (χ4v) is 2.84. The number of pyridine rings is 1. The van der Waals surface area contributed by atoms with Gasteiger partial charge in [0.1, 0.15) is 6.61 Å². The minimum Gasteiger partial charge on any atom is -0.483 e. The van der Waals surface area contributed by atoms with Crippen LogP contribution in [0.4, 0.5) is 0 Å². The molecule has 0 fully saturated rings. The Morgan fingerprint density at radius 2 is 1.76 bits per heavy atom. The Hall–Kier alpha value is -2.07. The largest absolute Gasteiger partial charge is 0.483 e. The third kappa shape index (κ3) is 6.39. The van der Waals surface area contributed by atoms with Crippen molar-refractivity contribution in [3.8, 4) is 5.75 Å². The summed E-state index contributed by atoms with van der Waals surface area (Å²) in [6.45, 7) is 3.24. The lowest BCUT2D eigenvalue weighted by molar-refractivity contribution is 0.264. The van der Waals surface area contributed by atoms with Gasteiger partial charge in [-0.1, -0.05) is 69.4 Å². The van der Waals surface area contributed by atoms with Crippen molar-refractivity contribution in [2.45, 2.75) is 65.2 Å². The summed E-state index contributed by atoms with van der Waals surface area (Å²) in [5, 5.41) is 9.51. The molecular weight excluding hydrogens is 314 g/mol. The number of aryl methyl sites for hydroxylation is 1. The summed E-state index contributed by atoms with van der Waals surface area (Å²) in [5.74, 6) is 0.340. The maximum absolute atomic E-state index is 12.2. The maximum atomic E-state index is 12.2. The Bertz CT molecular complexity index is 679. The van der Waals surface area contributed by atoms with Gasteiger partial charge in [0.05, 0.1) is 12.8 Å². The first kappa shape index (κ1) is 19.3. The van der Waals surface area contributed by atoms with Gasteiger partial charge >= 0.3 is 0 Å². The third-order valence-corrected chi connectivity index (χ3v) is 4.33. The molecule has 4 heteroatoms. The van der Waals surface area contributed by atoms with Crippen LogP contribution in [0.5, 0.6) is 5.75 Å². The van der Waals surface area contributed by atoms with E-state index in [-0.39, 0.29) is 12.0 Å². The van der Waals surface area contributed by atoms with E-state index in [4.69, 9.17) is 4.74 Å².